The summed E-state index contributed by atoms with van der Waals surface area (Å²) in [5.74, 6) is 0.147. The number of aliphatic hydroxyl groups is 1. The number of allylic oxidation sites excluding steroid dienone is 3. The third-order valence-corrected chi connectivity index (χ3v) is 9.46. The summed E-state index contributed by atoms with van der Waals surface area (Å²) < 4.78 is 5.96. The zero-order valence-corrected chi connectivity index (χ0v) is 19.1. The Balaban J connectivity index is 1.75. The molecule has 7 atom stereocenters. The van der Waals surface area contributed by atoms with E-state index in [1.807, 2.05) is 13.8 Å². The number of esters is 1. The van der Waals surface area contributed by atoms with Crippen LogP contribution in [0, 0.1) is 34.5 Å². The van der Waals surface area contributed by atoms with E-state index in [1.165, 1.54) is 6.08 Å². The first-order valence-electron chi connectivity index (χ1n) is 11.1. The third kappa shape index (κ3) is 2.58. The fraction of sp³-hybridized carbons (Fsp3) is 0.708. The molecule has 3 fully saturated rings. The molecule has 3 saturated carbocycles. The Morgan fingerprint density at radius 1 is 1.23 bits per heavy atom. The van der Waals surface area contributed by atoms with Gasteiger partial charge in [-0.25, -0.2) is 0 Å². The molecule has 0 heterocycles. The zero-order chi connectivity index (χ0) is 22.1. The number of hydrogen-bond acceptors (Lipinski definition) is 5. The minimum Gasteiger partial charge on any atom is -0.508 e. The van der Waals surface area contributed by atoms with Crippen molar-refractivity contribution >= 4 is 29.5 Å². The monoisotopic (exact) mass is 432 g/mol. The van der Waals surface area contributed by atoms with Crippen LogP contribution in [-0.4, -0.2) is 27.6 Å². The summed E-state index contributed by atoms with van der Waals surface area (Å²) >= 11 is 4.24. The largest absolute Gasteiger partial charge is 0.508 e. The lowest BCUT2D eigenvalue weighted by Crippen LogP contribution is -2.60. The van der Waals surface area contributed by atoms with Gasteiger partial charge in [-0.05, 0) is 62.9 Å². The Hall–Kier alpha value is -1.56. The van der Waals surface area contributed by atoms with Crippen LogP contribution < -0.4 is 0 Å². The van der Waals surface area contributed by atoms with Gasteiger partial charge in [-0.15, -0.1) is 12.6 Å². The average molecular weight is 433 g/mol. The molecule has 4 rings (SSSR count). The molecule has 0 aliphatic heterocycles. The van der Waals surface area contributed by atoms with Gasteiger partial charge in [-0.3, -0.25) is 14.4 Å². The van der Waals surface area contributed by atoms with Crippen molar-refractivity contribution in [2.45, 2.75) is 71.8 Å². The Labute approximate surface area is 183 Å². The molecule has 1 N–H and O–H groups in total. The van der Waals surface area contributed by atoms with Crippen LogP contribution in [0.4, 0.5) is 0 Å². The van der Waals surface area contributed by atoms with Crippen LogP contribution in [0.5, 0.6) is 0 Å². The molecule has 0 unspecified atom stereocenters. The van der Waals surface area contributed by atoms with Gasteiger partial charge < -0.3 is 9.84 Å². The first-order chi connectivity index (χ1) is 14.0. The van der Waals surface area contributed by atoms with Crippen LogP contribution in [0.25, 0.3) is 0 Å². The minimum absolute atomic E-state index is 0.0178. The molecule has 0 spiro atoms. The van der Waals surface area contributed by atoms with Gasteiger partial charge in [0.1, 0.15) is 5.76 Å². The maximum Gasteiger partial charge on any atom is 0.306 e. The molecule has 30 heavy (non-hydrogen) atoms. The maximum absolute atomic E-state index is 13.1. The van der Waals surface area contributed by atoms with Gasteiger partial charge in [-0.2, -0.15) is 0 Å². The number of ketones is 1. The van der Waals surface area contributed by atoms with Crippen molar-refractivity contribution in [1.29, 1.82) is 0 Å². The number of fused-ring (bicyclic) bond motifs is 5. The second-order valence-electron chi connectivity index (χ2n) is 10.2. The zero-order valence-electron chi connectivity index (χ0n) is 18.2. The van der Waals surface area contributed by atoms with E-state index >= 15 is 0 Å². The van der Waals surface area contributed by atoms with Crippen LogP contribution in [0.3, 0.4) is 0 Å². The maximum atomic E-state index is 13.1. The van der Waals surface area contributed by atoms with E-state index < -0.39 is 16.4 Å². The van der Waals surface area contributed by atoms with Crippen molar-refractivity contribution in [2.75, 3.05) is 0 Å². The van der Waals surface area contributed by atoms with Gasteiger partial charge in [0.25, 0.3) is 0 Å². The molecule has 6 heteroatoms. The molecule has 0 saturated heterocycles. The van der Waals surface area contributed by atoms with Crippen molar-refractivity contribution in [3.63, 3.8) is 0 Å². The molecule has 4 aliphatic rings. The summed E-state index contributed by atoms with van der Waals surface area (Å²) in [6.07, 6.45) is 7.31. The normalized spacial score (nSPS) is 44.9. The molecule has 4 aliphatic carbocycles. The fourth-order valence-corrected chi connectivity index (χ4v) is 8.11. The number of thiol groups is 1. The lowest BCUT2D eigenvalue weighted by Gasteiger charge is -2.58. The van der Waals surface area contributed by atoms with E-state index in [1.54, 1.807) is 13.0 Å². The van der Waals surface area contributed by atoms with Crippen LogP contribution >= 0.6 is 12.6 Å². The van der Waals surface area contributed by atoms with E-state index in [4.69, 9.17) is 4.74 Å². The van der Waals surface area contributed by atoms with Gasteiger partial charge >= 0.3 is 5.97 Å². The Morgan fingerprint density at radius 2 is 1.93 bits per heavy atom. The summed E-state index contributed by atoms with van der Waals surface area (Å²) in [4.78, 5) is 38.3. The average Bonchev–Trinajstić information content (AvgIpc) is 2.91. The number of rotatable bonds is 3. The molecule has 0 amide bonds. The predicted octanol–water partition coefficient (Wildman–Crippen LogP) is 4.57. The molecule has 0 aromatic heterocycles. The summed E-state index contributed by atoms with van der Waals surface area (Å²) in [7, 11) is 0. The highest BCUT2D eigenvalue weighted by Gasteiger charge is 2.71. The van der Waals surface area contributed by atoms with E-state index in [-0.39, 0.29) is 52.7 Å². The second-order valence-corrected chi connectivity index (χ2v) is 10.6. The summed E-state index contributed by atoms with van der Waals surface area (Å²) in [5.41, 5.74) is -1.29. The van der Waals surface area contributed by atoms with Gasteiger partial charge in [-0.1, -0.05) is 26.3 Å². The summed E-state index contributed by atoms with van der Waals surface area (Å²) in [5, 5.41) is 9.60. The van der Waals surface area contributed by atoms with Crippen molar-refractivity contribution in [1.82, 2.24) is 0 Å². The highest BCUT2D eigenvalue weighted by Crippen LogP contribution is 2.69. The number of ether oxygens (including phenoxy) is 1. The molecule has 0 bridgehead atoms. The van der Waals surface area contributed by atoms with E-state index in [0.29, 0.717) is 6.42 Å². The molecule has 0 radical (unpaired) electrons. The van der Waals surface area contributed by atoms with Gasteiger partial charge in [0.15, 0.2) is 11.4 Å². The smallest absolute Gasteiger partial charge is 0.306 e. The van der Waals surface area contributed by atoms with Crippen molar-refractivity contribution in [3.8, 4) is 0 Å². The molecular weight excluding hydrogens is 400 g/mol. The molecule has 0 aromatic rings. The van der Waals surface area contributed by atoms with Gasteiger partial charge in [0.2, 0.25) is 5.12 Å². The SMILES string of the molecule is CCC(=O)O[C@]1(C(=O)S)[C@H](C)C[C@H]2[C@@H]3CCC4=CC(O)=CC(=O)[C@]4(C)[C@H]3CC[C@@]21C. The Morgan fingerprint density at radius 3 is 2.57 bits per heavy atom. The fourth-order valence-electron chi connectivity index (χ4n) is 7.59. The lowest BCUT2D eigenvalue weighted by molar-refractivity contribution is -0.190. The van der Waals surface area contributed by atoms with Crippen LogP contribution in [0.1, 0.15) is 66.2 Å². The quantitative estimate of drug-likeness (QED) is 0.504. The lowest BCUT2D eigenvalue weighted by atomic mass is 9.46. The minimum atomic E-state index is -1.22. The van der Waals surface area contributed by atoms with Crippen LogP contribution in [0.15, 0.2) is 23.5 Å². The summed E-state index contributed by atoms with van der Waals surface area (Å²) in [6, 6.07) is 0. The van der Waals surface area contributed by atoms with E-state index in [0.717, 1.165) is 31.3 Å². The number of carbonyl (C=O) groups is 3. The number of hydrogen-bond donors (Lipinski definition) is 2. The topological polar surface area (TPSA) is 80.7 Å². The van der Waals surface area contributed by atoms with Gasteiger partial charge in [0, 0.05) is 23.8 Å². The number of carbonyl (C=O) groups excluding carboxylic acids is 3. The van der Waals surface area contributed by atoms with Crippen molar-refractivity contribution in [3.05, 3.63) is 23.5 Å². The molecule has 5 nitrogen and oxygen atoms in total. The molecular formula is C24H32O5S. The highest BCUT2D eigenvalue weighted by atomic mass is 32.1. The Bertz CT molecular complexity index is 875. The third-order valence-electron chi connectivity index (χ3n) is 9.13. The van der Waals surface area contributed by atoms with E-state index in [9.17, 15) is 19.5 Å². The molecule has 164 valence electrons. The van der Waals surface area contributed by atoms with Crippen molar-refractivity contribution < 1.29 is 24.2 Å². The Kier molecular flexibility index (Phi) is 5.04. The first-order valence-corrected chi connectivity index (χ1v) is 11.6. The first kappa shape index (κ1) is 21.7. The van der Waals surface area contributed by atoms with Gasteiger partial charge in [0.05, 0.1) is 5.41 Å². The van der Waals surface area contributed by atoms with Crippen molar-refractivity contribution in [2.24, 2.45) is 34.5 Å². The highest BCUT2D eigenvalue weighted by molar-refractivity contribution is 7.96. The number of aliphatic hydroxyl groups excluding tert-OH is 1. The van der Waals surface area contributed by atoms with E-state index in [2.05, 4.69) is 19.6 Å². The predicted molar refractivity (Wildman–Crippen MR) is 116 cm³/mol. The summed E-state index contributed by atoms with van der Waals surface area (Å²) in [6.45, 7) is 7.85. The standard InChI is InChI=1S/C24H32O5S/c1-5-20(27)29-24(21(28)30)13(2)10-18-16-7-6-14-11-15(25)12-19(26)23(14,4)17(16)8-9-22(18,24)3/h11-13,16-18,25H,5-10H2,1-4H3,(H,28,30)/t13-,16-,17+,18+,22+,23+,24+/m1/s1. The molecule has 0 aromatic carbocycles. The van der Waals surface area contributed by atoms with Crippen LogP contribution in [0.2, 0.25) is 0 Å². The van der Waals surface area contributed by atoms with Crippen LogP contribution in [-0.2, 0) is 19.1 Å². The second kappa shape index (κ2) is 6.98.